The van der Waals surface area contributed by atoms with E-state index in [2.05, 4.69) is 14.7 Å². The summed E-state index contributed by atoms with van der Waals surface area (Å²) in [6.45, 7) is 4.55. The number of halogens is 5. The molecule has 0 aliphatic heterocycles. The van der Waals surface area contributed by atoms with Crippen LogP contribution in [0.4, 0.5) is 27.6 Å². The summed E-state index contributed by atoms with van der Waals surface area (Å²) >= 11 is 0. The lowest BCUT2D eigenvalue weighted by Crippen LogP contribution is -2.22. The molecule has 0 radical (unpaired) electrons. The molecule has 0 unspecified atom stereocenters. The average molecular weight is 382 g/mol. The Bertz CT molecular complexity index is 673. The van der Waals surface area contributed by atoms with E-state index in [1.165, 1.54) is 14.0 Å². The number of esters is 1. The molecule has 0 amide bonds. The second-order valence-corrected chi connectivity index (χ2v) is 5.63. The van der Waals surface area contributed by atoms with Crippen molar-refractivity contribution in [3.8, 4) is 0 Å². The number of hydrogen-bond acceptors (Lipinski definition) is 5. The van der Waals surface area contributed by atoms with Gasteiger partial charge < -0.3 is 9.47 Å². The van der Waals surface area contributed by atoms with Gasteiger partial charge in [0, 0.05) is 0 Å². The summed E-state index contributed by atoms with van der Waals surface area (Å²) in [6, 6.07) is 0. The van der Waals surface area contributed by atoms with E-state index >= 15 is 0 Å². The van der Waals surface area contributed by atoms with Crippen LogP contribution < -0.4 is 0 Å². The van der Waals surface area contributed by atoms with Crippen LogP contribution in [0.3, 0.4) is 0 Å². The Balaban J connectivity index is 3.96. The van der Waals surface area contributed by atoms with Crippen molar-refractivity contribution in [3.05, 3.63) is 22.5 Å². The molecule has 1 aromatic rings. The fourth-order valence-corrected chi connectivity index (χ4v) is 2.28. The predicted molar refractivity (Wildman–Crippen MR) is 83.9 cm³/mol. The van der Waals surface area contributed by atoms with Gasteiger partial charge in [0.15, 0.2) is 12.1 Å². The molecule has 1 aromatic heterocycles. The van der Waals surface area contributed by atoms with Gasteiger partial charge in [0.05, 0.1) is 25.0 Å². The van der Waals surface area contributed by atoms with E-state index in [0.29, 0.717) is 0 Å². The van der Waals surface area contributed by atoms with Gasteiger partial charge in [-0.05, 0) is 24.8 Å². The van der Waals surface area contributed by atoms with Crippen LogP contribution in [-0.2, 0) is 22.1 Å². The summed E-state index contributed by atoms with van der Waals surface area (Å²) in [6.07, 6.45) is -7.78. The summed E-state index contributed by atoms with van der Waals surface area (Å²) in [4.78, 5) is 18.9. The van der Waals surface area contributed by atoms with E-state index in [9.17, 15) is 26.7 Å². The van der Waals surface area contributed by atoms with E-state index in [-0.39, 0.29) is 24.5 Å². The third-order valence-corrected chi connectivity index (χ3v) is 3.15. The SMILES string of the molecule is CCOC(=O)c1c(C(F)(F)F)nc(C(F)F)c(N=COC)c1CC(C)C. The van der Waals surface area contributed by atoms with Crippen molar-refractivity contribution in [2.75, 3.05) is 13.7 Å². The summed E-state index contributed by atoms with van der Waals surface area (Å²) < 4.78 is 76.2. The molecule has 26 heavy (non-hydrogen) atoms. The minimum absolute atomic E-state index is 0.115. The predicted octanol–water partition coefficient (Wildman–Crippen LogP) is 4.72. The molecule has 1 heterocycles. The van der Waals surface area contributed by atoms with Crippen LogP contribution in [0.2, 0.25) is 0 Å². The number of rotatable bonds is 7. The molecule has 1 rings (SSSR count). The molecule has 0 aliphatic carbocycles. The first-order chi connectivity index (χ1) is 12.0. The fourth-order valence-electron chi connectivity index (χ4n) is 2.28. The Kier molecular flexibility index (Phi) is 7.46. The van der Waals surface area contributed by atoms with E-state index in [1.807, 2.05) is 0 Å². The lowest BCUT2D eigenvalue weighted by atomic mass is 9.94. The van der Waals surface area contributed by atoms with Crippen molar-refractivity contribution in [2.24, 2.45) is 10.9 Å². The Morgan fingerprint density at radius 3 is 2.35 bits per heavy atom. The summed E-state index contributed by atoms with van der Waals surface area (Å²) in [7, 11) is 1.19. The normalized spacial score (nSPS) is 12.3. The van der Waals surface area contributed by atoms with Gasteiger partial charge in [0.1, 0.15) is 5.69 Å². The molecule has 0 saturated carbocycles. The number of alkyl halides is 5. The van der Waals surface area contributed by atoms with Crippen LogP contribution in [-0.4, -0.2) is 31.1 Å². The zero-order valence-corrected chi connectivity index (χ0v) is 14.7. The average Bonchev–Trinajstić information content (AvgIpc) is 2.51. The maximum Gasteiger partial charge on any atom is 0.434 e. The maximum atomic E-state index is 13.4. The van der Waals surface area contributed by atoms with Gasteiger partial charge >= 0.3 is 12.1 Å². The lowest BCUT2D eigenvalue weighted by Gasteiger charge is -2.20. The number of hydrogen-bond donors (Lipinski definition) is 0. The molecule has 0 aromatic carbocycles. The zero-order valence-electron chi connectivity index (χ0n) is 14.7. The van der Waals surface area contributed by atoms with Crippen molar-refractivity contribution in [3.63, 3.8) is 0 Å². The summed E-state index contributed by atoms with van der Waals surface area (Å²) in [5.41, 5.74) is -4.61. The smallest absolute Gasteiger partial charge is 0.434 e. The van der Waals surface area contributed by atoms with E-state index in [1.54, 1.807) is 13.8 Å². The third kappa shape index (κ3) is 5.12. The van der Waals surface area contributed by atoms with E-state index in [4.69, 9.17) is 4.74 Å². The molecule has 0 N–H and O–H groups in total. The van der Waals surface area contributed by atoms with Crippen molar-refractivity contribution in [2.45, 2.75) is 39.8 Å². The van der Waals surface area contributed by atoms with Crippen LogP contribution in [0.5, 0.6) is 0 Å². The first kappa shape index (κ1) is 21.8. The number of methoxy groups -OCH3 is 1. The quantitative estimate of drug-likeness (QED) is 0.296. The van der Waals surface area contributed by atoms with Gasteiger partial charge in [-0.15, -0.1) is 0 Å². The highest BCUT2D eigenvalue weighted by Crippen LogP contribution is 2.41. The number of pyridine rings is 1. The van der Waals surface area contributed by atoms with Gasteiger partial charge in [-0.25, -0.2) is 23.6 Å². The first-order valence-corrected chi connectivity index (χ1v) is 7.69. The van der Waals surface area contributed by atoms with Gasteiger partial charge in [-0.2, -0.15) is 13.2 Å². The minimum Gasteiger partial charge on any atom is -0.486 e. The van der Waals surface area contributed by atoms with Crippen LogP contribution >= 0.6 is 0 Å². The third-order valence-electron chi connectivity index (χ3n) is 3.15. The molecule has 0 bridgehead atoms. The van der Waals surface area contributed by atoms with Gasteiger partial charge in [-0.3, -0.25) is 0 Å². The van der Waals surface area contributed by atoms with Crippen LogP contribution in [0, 0.1) is 5.92 Å². The lowest BCUT2D eigenvalue weighted by molar-refractivity contribution is -0.142. The van der Waals surface area contributed by atoms with E-state index < -0.39 is 41.2 Å². The zero-order chi connectivity index (χ0) is 20.1. The number of ether oxygens (including phenoxy) is 2. The molecule has 0 aliphatic rings. The van der Waals surface area contributed by atoms with Gasteiger partial charge in [0.2, 0.25) is 0 Å². The summed E-state index contributed by atoms with van der Waals surface area (Å²) in [5.74, 6) is -1.55. The van der Waals surface area contributed by atoms with Crippen LogP contribution in [0.15, 0.2) is 4.99 Å². The Labute approximate surface area is 147 Å². The van der Waals surface area contributed by atoms with Crippen LogP contribution in [0.25, 0.3) is 0 Å². The Morgan fingerprint density at radius 1 is 1.31 bits per heavy atom. The first-order valence-electron chi connectivity index (χ1n) is 7.69. The fraction of sp³-hybridized carbons (Fsp3) is 0.562. The Morgan fingerprint density at radius 2 is 1.92 bits per heavy atom. The van der Waals surface area contributed by atoms with Crippen molar-refractivity contribution < 1.29 is 36.2 Å². The second kappa shape index (κ2) is 8.91. The second-order valence-electron chi connectivity index (χ2n) is 5.63. The number of carbonyl (C=O) groups excluding carboxylic acids is 1. The number of carbonyl (C=O) groups is 1. The monoisotopic (exact) mass is 382 g/mol. The topological polar surface area (TPSA) is 60.8 Å². The largest absolute Gasteiger partial charge is 0.486 e. The van der Waals surface area contributed by atoms with Gasteiger partial charge in [0.25, 0.3) is 6.43 Å². The molecule has 0 saturated heterocycles. The molecule has 0 spiro atoms. The minimum atomic E-state index is -5.12. The molecular weight excluding hydrogens is 363 g/mol. The molecule has 0 atom stereocenters. The van der Waals surface area contributed by atoms with Crippen molar-refractivity contribution in [1.82, 2.24) is 4.98 Å². The highest BCUT2D eigenvalue weighted by molar-refractivity contribution is 5.94. The molecular formula is C16H19F5N2O3. The standard InChI is InChI=1S/C16H19F5N2O3/c1-5-26-15(24)10-9(6-8(2)3)11(22-7-25-4)12(14(17)18)23-13(10)16(19,20)21/h7-8,14H,5-6H2,1-4H3. The number of aromatic nitrogens is 1. The molecule has 10 heteroatoms. The number of nitrogens with zero attached hydrogens (tertiary/aromatic N) is 2. The van der Waals surface area contributed by atoms with Gasteiger partial charge in [-0.1, -0.05) is 13.8 Å². The molecule has 146 valence electrons. The van der Waals surface area contributed by atoms with Crippen molar-refractivity contribution in [1.29, 1.82) is 0 Å². The van der Waals surface area contributed by atoms with E-state index in [0.717, 1.165) is 6.40 Å². The molecule has 0 fully saturated rings. The Hall–Kier alpha value is -2.26. The van der Waals surface area contributed by atoms with Crippen molar-refractivity contribution >= 4 is 18.1 Å². The highest BCUT2D eigenvalue weighted by atomic mass is 19.4. The highest BCUT2D eigenvalue weighted by Gasteiger charge is 2.42. The van der Waals surface area contributed by atoms with Crippen LogP contribution in [0.1, 0.15) is 54.5 Å². The maximum absolute atomic E-state index is 13.4. The molecule has 5 nitrogen and oxygen atoms in total. The number of aliphatic imine (C=N–C) groups is 1. The summed E-state index contributed by atoms with van der Waals surface area (Å²) in [5, 5.41) is 0.